The van der Waals surface area contributed by atoms with Crippen LogP contribution in [0.2, 0.25) is 0 Å². The van der Waals surface area contributed by atoms with E-state index in [0.717, 1.165) is 11.1 Å². The summed E-state index contributed by atoms with van der Waals surface area (Å²) in [5.41, 5.74) is 9.07. The van der Waals surface area contributed by atoms with Crippen LogP contribution in [0.15, 0.2) is 109 Å². The van der Waals surface area contributed by atoms with Gasteiger partial charge in [-0.25, -0.2) is 0 Å². The van der Waals surface area contributed by atoms with Gasteiger partial charge in [0.15, 0.2) is 5.78 Å². The highest BCUT2D eigenvalue weighted by Gasteiger charge is 2.11. The third-order valence-electron chi connectivity index (χ3n) is 5.17. The quantitative estimate of drug-likeness (QED) is 0.153. The summed E-state index contributed by atoms with van der Waals surface area (Å²) in [6.07, 6.45) is 3.46. The van der Waals surface area contributed by atoms with Crippen molar-refractivity contribution in [2.75, 3.05) is 0 Å². The van der Waals surface area contributed by atoms with Gasteiger partial charge in [0.2, 0.25) is 0 Å². The Balaban J connectivity index is 0.000000774. The van der Waals surface area contributed by atoms with Crippen molar-refractivity contribution in [3.63, 3.8) is 0 Å². The summed E-state index contributed by atoms with van der Waals surface area (Å²) < 4.78 is 0. The number of rotatable bonds is 5. The minimum atomic E-state index is 0.0129. The van der Waals surface area contributed by atoms with Crippen molar-refractivity contribution in [3.05, 3.63) is 143 Å². The maximum Gasteiger partial charge on any atom is 0.185 e. The summed E-state index contributed by atoms with van der Waals surface area (Å²) in [4.78, 5) is 12.2. The summed E-state index contributed by atoms with van der Waals surface area (Å²) >= 11 is 0. The molecule has 0 aliphatic rings. The van der Waals surface area contributed by atoms with Crippen LogP contribution in [0.1, 0.15) is 78.7 Å². The molecule has 0 aliphatic carbocycles. The van der Waals surface area contributed by atoms with Crippen molar-refractivity contribution in [3.8, 4) is 0 Å². The van der Waals surface area contributed by atoms with Crippen molar-refractivity contribution >= 4 is 5.78 Å². The van der Waals surface area contributed by atoms with Crippen molar-refractivity contribution in [2.24, 2.45) is 0 Å². The molecule has 192 valence electrons. The van der Waals surface area contributed by atoms with Gasteiger partial charge < -0.3 is 0 Å². The zero-order chi connectivity index (χ0) is 27.7. The number of carbonyl (C=O) groups excluding carboxylic acids is 1. The smallest absolute Gasteiger partial charge is 0.185 e. The van der Waals surface area contributed by atoms with E-state index in [-0.39, 0.29) is 11.7 Å². The van der Waals surface area contributed by atoms with Gasteiger partial charge >= 0.3 is 0 Å². The van der Waals surface area contributed by atoms with Gasteiger partial charge in [-0.15, -0.1) is 6.58 Å². The molecule has 1 heteroatoms. The zero-order valence-electron chi connectivity index (χ0n) is 24.0. The number of allylic oxidation sites excluding steroid dienone is 4. The molecule has 0 bridgehead atoms. The van der Waals surface area contributed by atoms with E-state index in [0.29, 0.717) is 5.56 Å². The molecule has 0 amide bonds. The minimum absolute atomic E-state index is 0.0129. The Labute approximate surface area is 221 Å². The fraction of sp³-hybridized carbons (Fsp3) is 0.286. The monoisotopic (exact) mass is 482 g/mol. The molecule has 0 aliphatic heterocycles. The maximum atomic E-state index is 12.2. The van der Waals surface area contributed by atoms with Crippen LogP contribution >= 0.6 is 0 Å². The van der Waals surface area contributed by atoms with Crippen LogP contribution in [0, 0.1) is 27.7 Å². The lowest BCUT2D eigenvalue weighted by molar-refractivity contribution is 0.104. The first-order valence-electron chi connectivity index (χ1n) is 12.7. The van der Waals surface area contributed by atoms with E-state index < -0.39 is 0 Å². The molecule has 0 N–H and O–H groups in total. The van der Waals surface area contributed by atoms with E-state index in [9.17, 15) is 4.79 Å². The van der Waals surface area contributed by atoms with Crippen LogP contribution in [0.5, 0.6) is 0 Å². The van der Waals surface area contributed by atoms with Crippen molar-refractivity contribution in [2.45, 2.75) is 68.2 Å². The van der Waals surface area contributed by atoms with E-state index >= 15 is 0 Å². The lowest BCUT2D eigenvalue weighted by Gasteiger charge is -2.15. The van der Waals surface area contributed by atoms with Crippen LogP contribution in [0.3, 0.4) is 0 Å². The van der Waals surface area contributed by atoms with Gasteiger partial charge in [0.25, 0.3) is 0 Å². The predicted molar refractivity (Wildman–Crippen MR) is 161 cm³/mol. The van der Waals surface area contributed by atoms with Crippen molar-refractivity contribution < 1.29 is 4.79 Å². The van der Waals surface area contributed by atoms with E-state index in [1.807, 2.05) is 83.2 Å². The second-order valence-corrected chi connectivity index (χ2v) is 9.08. The normalized spacial score (nSPS) is 10.5. The van der Waals surface area contributed by atoms with Crippen LogP contribution in [-0.4, -0.2) is 5.78 Å². The molecule has 0 aromatic heterocycles. The van der Waals surface area contributed by atoms with Gasteiger partial charge in [0.1, 0.15) is 0 Å². The average Bonchev–Trinajstić information content (AvgIpc) is 2.84. The summed E-state index contributed by atoms with van der Waals surface area (Å²) in [6, 6.07) is 24.3. The number of carbonyl (C=O) groups is 1. The van der Waals surface area contributed by atoms with Gasteiger partial charge in [0.05, 0.1) is 0 Å². The van der Waals surface area contributed by atoms with Crippen LogP contribution < -0.4 is 0 Å². The molecular weight excluding hydrogens is 436 g/mol. The topological polar surface area (TPSA) is 17.1 Å². The third-order valence-corrected chi connectivity index (χ3v) is 5.17. The zero-order valence-corrected chi connectivity index (χ0v) is 24.0. The van der Waals surface area contributed by atoms with Crippen LogP contribution in [-0.2, 0) is 0 Å². The summed E-state index contributed by atoms with van der Waals surface area (Å²) in [5, 5.41) is 0. The number of ketones is 1. The molecule has 0 fully saturated rings. The predicted octanol–water partition coefficient (Wildman–Crippen LogP) is 10.3. The van der Waals surface area contributed by atoms with E-state index in [2.05, 4.69) is 71.2 Å². The molecular formula is C35H46O. The Hall–Kier alpha value is -3.45. The van der Waals surface area contributed by atoms with E-state index in [4.69, 9.17) is 0 Å². The highest BCUT2D eigenvalue weighted by molar-refractivity contribution is 6.04. The molecule has 0 saturated heterocycles. The Kier molecular flexibility index (Phi) is 16.2. The van der Waals surface area contributed by atoms with Gasteiger partial charge in [-0.2, -0.15) is 0 Å². The Morgan fingerprint density at radius 1 is 0.722 bits per heavy atom. The molecule has 1 atom stereocenters. The summed E-state index contributed by atoms with van der Waals surface area (Å²) in [7, 11) is 0. The molecule has 36 heavy (non-hydrogen) atoms. The van der Waals surface area contributed by atoms with Gasteiger partial charge in [-0.05, 0) is 64.3 Å². The van der Waals surface area contributed by atoms with Crippen LogP contribution in [0.25, 0.3) is 0 Å². The SMILES string of the molecule is C=C(/C=C/C(=O)c1ccc(C)cc1)C(C)c1ccc(C)cc1C.C=C(C)C.CC.Cc1ccccc1. The molecule has 0 spiro atoms. The van der Waals surface area contributed by atoms with E-state index in [1.165, 1.54) is 27.8 Å². The first-order chi connectivity index (χ1) is 17.0. The van der Waals surface area contributed by atoms with Crippen molar-refractivity contribution in [1.82, 2.24) is 0 Å². The largest absolute Gasteiger partial charge is 0.289 e. The second-order valence-electron chi connectivity index (χ2n) is 9.08. The lowest BCUT2D eigenvalue weighted by atomic mass is 9.89. The maximum absolute atomic E-state index is 12.2. The fourth-order valence-electron chi connectivity index (χ4n) is 3.19. The Morgan fingerprint density at radius 2 is 1.19 bits per heavy atom. The minimum Gasteiger partial charge on any atom is -0.289 e. The van der Waals surface area contributed by atoms with Crippen molar-refractivity contribution in [1.29, 1.82) is 0 Å². The summed E-state index contributed by atoms with van der Waals surface area (Å²) in [6.45, 7) is 26.1. The molecule has 3 rings (SSSR count). The number of aryl methyl sites for hydroxylation is 4. The average molecular weight is 483 g/mol. The molecule has 0 radical (unpaired) electrons. The Morgan fingerprint density at radius 3 is 1.64 bits per heavy atom. The number of hydrogen-bond donors (Lipinski definition) is 0. The Bertz CT molecular complexity index is 1100. The molecule has 3 aromatic carbocycles. The first kappa shape index (κ1) is 32.6. The highest BCUT2D eigenvalue weighted by atomic mass is 16.1. The number of hydrogen-bond acceptors (Lipinski definition) is 1. The first-order valence-corrected chi connectivity index (χ1v) is 12.7. The lowest BCUT2D eigenvalue weighted by Crippen LogP contribution is -2.00. The number of benzene rings is 3. The third kappa shape index (κ3) is 13.4. The fourth-order valence-corrected chi connectivity index (χ4v) is 3.19. The second kappa shape index (κ2) is 17.9. The summed E-state index contributed by atoms with van der Waals surface area (Å²) in [5.74, 6) is 0.205. The van der Waals surface area contributed by atoms with Gasteiger partial charge in [-0.1, -0.05) is 128 Å². The highest BCUT2D eigenvalue weighted by Crippen LogP contribution is 2.27. The molecule has 1 unspecified atom stereocenters. The molecule has 0 saturated carbocycles. The molecule has 1 nitrogen and oxygen atoms in total. The molecule has 0 heterocycles. The van der Waals surface area contributed by atoms with Crippen LogP contribution in [0.4, 0.5) is 0 Å². The van der Waals surface area contributed by atoms with Gasteiger partial charge in [-0.3, -0.25) is 4.79 Å². The molecule has 3 aromatic rings. The van der Waals surface area contributed by atoms with E-state index in [1.54, 1.807) is 6.08 Å². The van der Waals surface area contributed by atoms with Gasteiger partial charge in [0, 0.05) is 11.5 Å². The standard InChI is InChI=1S/C22H24O.C7H8.C4H8.C2H6/c1-15-6-10-20(11-7-15)22(23)13-9-17(3)19(5)21-12-8-16(2)14-18(21)4;1-7-5-3-2-4-6-7;1-4(2)3;1-2/h6-14,19H,3H2,1-2,4-5H3;2-6H,1H3;1H2,2-3H3;1-2H3/b13-9+;;;.